The predicted octanol–water partition coefficient (Wildman–Crippen LogP) is 1.50. The number of nitrogens with two attached hydrogens (primary N) is 2. The number of benzene rings is 1. The molecule has 0 saturated carbocycles. The summed E-state index contributed by atoms with van der Waals surface area (Å²) in [6, 6.07) is 8.30. The number of urea groups is 1. The van der Waals surface area contributed by atoms with Gasteiger partial charge in [-0.1, -0.05) is 30.3 Å². The molecular formula is C20H32N4O3. The summed E-state index contributed by atoms with van der Waals surface area (Å²) in [5.74, 6) is -0.814. The second-order valence-electron chi connectivity index (χ2n) is 7.84. The van der Waals surface area contributed by atoms with Crippen LogP contribution < -0.4 is 22.1 Å². The van der Waals surface area contributed by atoms with Gasteiger partial charge < -0.3 is 22.1 Å². The van der Waals surface area contributed by atoms with Crippen molar-refractivity contribution in [2.45, 2.75) is 58.0 Å². The average Bonchev–Trinajstić information content (AvgIpc) is 2.56. The first-order valence-electron chi connectivity index (χ1n) is 9.26. The zero-order chi connectivity index (χ0) is 20.4. The topological polar surface area (TPSA) is 127 Å². The summed E-state index contributed by atoms with van der Waals surface area (Å²) in [6.07, 6.45) is 1.53. The van der Waals surface area contributed by atoms with Gasteiger partial charge in [-0.25, -0.2) is 4.79 Å². The van der Waals surface area contributed by atoms with E-state index in [2.05, 4.69) is 10.6 Å². The van der Waals surface area contributed by atoms with Crippen LogP contribution in [0.15, 0.2) is 30.3 Å². The fourth-order valence-electron chi connectivity index (χ4n) is 2.73. The molecule has 0 aliphatic heterocycles. The number of primary amides is 1. The monoisotopic (exact) mass is 376 g/mol. The first-order chi connectivity index (χ1) is 12.6. The average molecular weight is 377 g/mol. The summed E-state index contributed by atoms with van der Waals surface area (Å²) in [6.45, 7) is 6.03. The van der Waals surface area contributed by atoms with E-state index in [0.29, 0.717) is 25.8 Å². The Morgan fingerprint density at radius 1 is 1.11 bits per heavy atom. The van der Waals surface area contributed by atoms with Crippen molar-refractivity contribution in [1.29, 1.82) is 0 Å². The highest BCUT2D eigenvalue weighted by Gasteiger charge is 2.27. The maximum absolute atomic E-state index is 12.6. The molecule has 1 aromatic carbocycles. The Hall–Kier alpha value is -2.41. The third kappa shape index (κ3) is 9.75. The van der Waals surface area contributed by atoms with E-state index >= 15 is 0 Å². The molecule has 0 heterocycles. The molecule has 0 radical (unpaired) electrons. The number of hydrogen-bond acceptors (Lipinski definition) is 4. The molecular weight excluding hydrogens is 344 g/mol. The highest BCUT2D eigenvalue weighted by Crippen LogP contribution is 2.16. The Balaban J connectivity index is 2.68. The normalized spacial score (nSPS) is 13.5. The Kier molecular flexibility index (Phi) is 8.94. The standard InChI is InChI=1S/C20H32N4O3/c1-20(2,3)24-18(26)15(10-7-11-23-19(22)27)13-17(25)16(21)12-14-8-5-4-6-9-14/h4-6,8-9,15-16H,7,10-13,21H2,1-3H3,(H,24,26)(H3,22,23,27)/t15-,16+/m1/s1. The zero-order valence-electron chi connectivity index (χ0n) is 16.5. The number of hydrogen-bond donors (Lipinski definition) is 4. The van der Waals surface area contributed by atoms with Crippen LogP contribution in [0.25, 0.3) is 0 Å². The fourth-order valence-corrected chi connectivity index (χ4v) is 2.73. The van der Waals surface area contributed by atoms with Gasteiger partial charge in [0.25, 0.3) is 0 Å². The molecule has 7 nitrogen and oxygen atoms in total. The van der Waals surface area contributed by atoms with Crippen LogP contribution in [0.4, 0.5) is 4.79 Å². The summed E-state index contributed by atoms with van der Waals surface area (Å²) >= 11 is 0. The number of rotatable bonds is 10. The summed E-state index contributed by atoms with van der Waals surface area (Å²) in [5.41, 5.74) is 11.7. The van der Waals surface area contributed by atoms with Crippen LogP contribution in [0.1, 0.15) is 45.6 Å². The molecule has 1 aromatic rings. The van der Waals surface area contributed by atoms with Gasteiger partial charge in [0.15, 0.2) is 5.78 Å². The molecule has 150 valence electrons. The van der Waals surface area contributed by atoms with Crippen LogP contribution in [0.5, 0.6) is 0 Å². The van der Waals surface area contributed by atoms with Gasteiger partial charge in [0.1, 0.15) is 0 Å². The van der Waals surface area contributed by atoms with Crippen molar-refractivity contribution in [1.82, 2.24) is 10.6 Å². The second kappa shape index (κ2) is 10.7. The smallest absolute Gasteiger partial charge is 0.312 e. The molecule has 6 N–H and O–H groups in total. The molecule has 0 saturated heterocycles. The summed E-state index contributed by atoms with van der Waals surface area (Å²) in [4.78, 5) is 35.9. The molecule has 0 aliphatic carbocycles. The predicted molar refractivity (Wildman–Crippen MR) is 106 cm³/mol. The maximum Gasteiger partial charge on any atom is 0.312 e. The molecule has 0 aliphatic rings. The van der Waals surface area contributed by atoms with Gasteiger partial charge in [0.05, 0.1) is 6.04 Å². The lowest BCUT2D eigenvalue weighted by Gasteiger charge is -2.25. The summed E-state index contributed by atoms with van der Waals surface area (Å²) in [5, 5.41) is 5.41. The number of amides is 3. The van der Waals surface area contributed by atoms with E-state index in [0.717, 1.165) is 5.56 Å². The number of Topliss-reactive ketones (excluding diaryl/α,β-unsaturated/α-hetero) is 1. The van der Waals surface area contributed by atoms with Crippen molar-refractivity contribution >= 4 is 17.7 Å². The van der Waals surface area contributed by atoms with Crippen molar-refractivity contribution in [3.05, 3.63) is 35.9 Å². The van der Waals surface area contributed by atoms with Gasteiger partial charge in [-0.3, -0.25) is 9.59 Å². The Morgan fingerprint density at radius 3 is 2.30 bits per heavy atom. The molecule has 7 heteroatoms. The lowest BCUT2D eigenvalue weighted by Crippen LogP contribution is -2.45. The molecule has 3 amide bonds. The number of carbonyl (C=O) groups is 3. The van der Waals surface area contributed by atoms with Gasteiger partial charge in [-0.2, -0.15) is 0 Å². The van der Waals surface area contributed by atoms with E-state index in [1.165, 1.54) is 0 Å². The van der Waals surface area contributed by atoms with Gasteiger partial charge in [0.2, 0.25) is 5.91 Å². The van der Waals surface area contributed by atoms with Crippen LogP contribution >= 0.6 is 0 Å². The third-order valence-electron chi connectivity index (χ3n) is 4.06. The van der Waals surface area contributed by atoms with E-state index < -0.39 is 23.5 Å². The van der Waals surface area contributed by atoms with Crippen LogP contribution in [-0.2, 0) is 16.0 Å². The van der Waals surface area contributed by atoms with Crippen molar-refractivity contribution in [3.63, 3.8) is 0 Å². The van der Waals surface area contributed by atoms with E-state index in [1.807, 2.05) is 51.1 Å². The van der Waals surface area contributed by atoms with Gasteiger partial charge >= 0.3 is 6.03 Å². The largest absolute Gasteiger partial charge is 0.352 e. The number of carbonyl (C=O) groups excluding carboxylic acids is 3. The molecule has 0 fully saturated rings. The van der Waals surface area contributed by atoms with Crippen molar-refractivity contribution < 1.29 is 14.4 Å². The van der Waals surface area contributed by atoms with E-state index in [4.69, 9.17) is 11.5 Å². The second-order valence-corrected chi connectivity index (χ2v) is 7.84. The third-order valence-corrected chi connectivity index (χ3v) is 4.06. The molecule has 27 heavy (non-hydrogen) atoms. The van der Waals surface area contributed by atoms with Gasteiger partial charge in [-0.15, -0.1) is 0 Å². The first kappa shape index (κ1) is 22.6. The minimum absolute atomic E-state index is 0.0759. The molecule has 1 rings (SSSR count). The van der Waals surface area contributed by atoms with E-state index in [9.17, 15) is 14.4 Å². The van der Waals surface area contributed by atoms with Crippen LogP contribution in [0, 0.1) is 5.92 Å². The number of ketones is 1. The molecule has 2 atom stereocenters. The van der Waals surface area contributed by atoms with E-state index in [-0.39, 0.29) is 18.1 Å². The Morgan fingerprint density at radius 2 is 1.74 bits per heavy atom. The minimum atomic E-state index is -0.652. The van der Waals surface area contributed by atoms with Gasteiger partial charge in [-0.05, 0) is 45.6 Å². The maximum atomic E-state index is 12.6. The Bertz CT molecular complexity index is 626. The molecule has 0 bridgehead atoms. The van der Waals surface area contributed by atoms with Crippen molar-refractivity contribution in [2.75, 3.05) is 6.54 Å². The minimum Gasteiger partial charge on any atom is -0.352 e. The quantitative estimate of drug-likeness (QED) is 0.461. The highest BCUT2D eigenvalue weighted by molar-refractivity contribution is 5.90. The van der Waals surface area contributed by atoms with Crippen LogP contribution in [0.2, 0.25) is 0 Å². The molecule has 0 spiro atoms. The van der Waals surface area contributed by atoms with Crippen LogP contribution in [-0.4, -0.2) is 35.8 Å². The van der Waals surface area contributed by atoms with Crippen molar-refractivity contribution in [3.8, 4) is 0 Å². The number of nitrogens with one attached hydrogen (secondary N) is 2. The SMILES string of the molecule is CC(C)(C)NC(=O)[C@H](CCCNC(N)=O)CC(=O)[C@@H](N)Cc1ccccc1. The summed E-state index contributed by atoms with van der Waals surface area (Å²) < 4.78 is 0. The summed E-state index contributed by atoms with van der Waals surface area (Å²) in [7, 11) is 0. The highest BCUT2D eigenvalue weighted by atomic mass is 16.2. The Labute approximate surface area is 161 Å². The molecule has 0 aromatic heterocycles. The van der Waals surface area contributed by atoms with Crippen molar-refractivity contribution in [2.24, 2.45) is 17.4 Å². The first-order valence-corrected chi connectivity index (χ1v) is 9.26. The molecule has 0 unspecified atom stereocenters. The fraction of sp³-hybridized carbons (Fsp3) is 0.550. The van der Waals surface area contributed by atoms with Crippen LogP contribution in [0.3, 0.4) is 0 Å². The zero-order valence-corrected chi connectivity index (χ0v) is 16.5. The lowest BCUT2D eigenvalue weighted by molar-refractivity contribution is -0.131. The van der Waals surface area contributed by atoms with E-state index in [1.54, 1.807) is 0 Å². The van der Waals surface area contributed by atoms with Gasteiger partial charge in [0, 0.05) is 24.4 Å². The lowest BCUT2D eigenvalue weighted by atomic mass is 9.90.